The van der Waals surface area contributed by atoms with Crippen molar-refractivity contribution in [3.8, 4) is 0 Å². The third kappa shape index (κ3) is 3.10. The molecule has 7 nitrogen and oxygen atoms in total. The molecule has 0 spiro atoms. The zero-order valence-electron chi connectivity index (χ0n) is 11.9. The van der Waals surface area contributed by atoms with Gasteiger partial charge in [0.2, 0.25) is 0 Å². The maximum absolute atomic E-state index is 12.5. The Labute approximate surface area is 128 Å². The van der Waals surface area contributed by atoms with Gasteiger partial charge >= 0.3 is 6.18 Å². The molecule has 0 radical (unpaired) electrons. The summed E-state index contributed by atoms with van der Waals surface area (Å²) in [5.74, 6) is -0.178. The van der Waals surface area contributed by atoms with Crippen molar-refractivity contribution in [2.45, 2.75) is 18.6 Å². The zero-order valence-corrected chi connectivity index (χ0v) is 11.9. The van der Waals surface area contributed by atoms with Gasteiger partial charge in [-0.05, 0) is 18.6 Å². The SMILES string of the molecule is NC(=O)c1cnn(C2CCN(c3ccc(C(F)(F)F)nn3)C2)c1. The number of alkyl halides is 3. The first-order chi connectivity index (χ1) is 10.8. The van der Waals surface area contributed by atoms with Crippen LogP contribution < -0.4 is 10.6 Å². The molecule has 0 aliphatic carbocycles. The summed E-state index contributed by atoms with van der Waals surface area (Å²) in [5, 5.41) is 11.0. The number of anilines is 1. The number of nitrogens with two attached hydrogens (primary N) is 1. The predicted octanol–water partition coefficient (Wildman–Crippen LogP) is 1.24. The number of primary amides is 1. The average molecular weight is 326 g/mol. The lowest BCUT2D eigenvalue weighted by atomic mass is 10.3. The second-order valence-corrected chi connectivity index (χ2v) is 5.24. The number of amides is 1. The van der Waals surface area contributed by atoms with E-state index in [2.05, 4.69) is 15.3 Å². The van der Waals surface area contributed by atoms with Crippen LogP contribution in [0.1, 0.15) is 28.5 Å². The Balaban J connectivity index is 1.70. The van der Waals surface area contributed by atoms with E-state index >= 15 is 0 Å². The summed E-state index contributed by atoms with van der Waals surface area (Å²) in [6.45, 7) is 1.12. The summed E-state index contributed by atoms with van der Waals surface area (Å²) >= 11 is 0. The molecular weight excluding hydrogens is 313 g/mol. The van der Waals surface area contributed by atoms with Crippen LogP contribution in [0.25, 0.3) is 0 Å². The Hall–Kier alpha value is -2.65. The van der Waals surface area contributed by atoms with Crippen molar-refractivity contribution in [2.75, 3.05) is 18.0 Å². The van der Waals surface area contributed by atoms with Gasteiger partial charge in [0.05, 0.1) is 17.8 Å². The third-order valence-corrected chi connectivity index (χ3v) is 3.69. The Morgan fingerprint density at radius 2 is 2.09 bits per heavy atom. The van der Waals surface area contributed by atoms with Crippen molar-refractivity contribution in [3.05, 3.63) is 35.8 Å². The molecule has 1 atom stereocenters. The molecule has 10 heteroatoms. The van der Waals surface area contributed by atoms with Crippen molar-refractivity contribution in [2.24, 2.45) is 5.73 Å². The van der Waals surface area contributed by atoms with Crippen molar-refractivity contribution >= 4 is 11.7 Å². The van der Waals surface area contributed by atoms with Gasteiger partial charge in [0, 0.05) is 19.3 Å². The van der Waals surface area contributed by atoms with Crippen molar-refractivity contribution in [1.29, 1.82) is 0 Å². The molecular formula is C13H13F3N6O. The minimum absolute atomic E-state index is 0.00723. The van der Waals surface area contributed by atoms with E-state index in [9.17, 15) is 18.0 Å². The van der Waals surface area contributed by atoms with Crippen LogP contribution in [-0.2, 0) is 6.18 Å². The van der Waals surface area contributed by atoms with Gasteiger partial charge in [0.15, 0.2) is 11.5 Å². The lowest BCUT2D eigenvalue weighted by Crippen LogP contribution is -2.23. The summed E-state index contributed by atoms with van der Waals surface area (Å²) in [7, 11) is 0. The van der Waals surface area contributed by atoms with Crippen LogP contribution in [0.4, 0.5) is 19.0 Å². The van der Waals surface area contributed by atoms with E-state index in [1.807, 2.05) is 4.90 Å². The van der Waals surface area contributed by atoms with Gasteiger partial charge in [0.25, 0.3) is 5.91 Å². The Morgan fingerprint density at radius 3 is 2.65 bits per heavy atom. The van der Waals surface area contributed by atoms with Gasteiger partial charge < -0.3 is 10.6 Å². The summed E-state index contributed by atoms with van der Waals surface area (Å²) in [5.41, 5.74) is 4.48. The first-order valence-electron chi connectivity index (χ1n) is 6.84. The van der Waals surface area contributed by atoms with Crippen LogP contribution in [0.2, 0.25) is 0 Å². The van der Waals surface area contributed by atoms with E-state index in [1.54, 1.807) is 10.9 Å². The van der Waals surface area contributed by atoms with E-state index in [1.165, 1.54) is 12.3 Å². The molecule has 0 bridgehead atoms. The first kappa shape index (κ1) is 15.3. The highest BCUT2D eigenvalue weighted by molar-refractivity contribution is 5.92. The van der Waals surface area contributed by atoms with Crippen LogP contribution >= 0.6 is 0 Å². The minimum Gasteiger partial charge on any atom is -0.366 e. The van der Waals surface area contributed by atoms with Crippen LogP contribution in [0.15, 0.2) is 24.5 Å². The fourth-order valence-corrected chi connectivity index (χ4v) is 2.48. The molecule has 0 saturated carbocycles. The quantitative estimate of drug-likeness (QED) is 0.916. The molecule has 2 aromatic heterocycles. The Bertz CT molecular complexity index is 711. The smallest absolute Gasteiger partial charge is 0.366 e. The summed E-state index contributed by atoms with van der Waals surface area (Å²) in [6, 6.07) is 2.21. The largest absolute Gasteiger partial charge is 0.435 e. The van der Waals surface area contributed by atoms with Crippen LogP contribution in [0, 0.1) is 0 Å². The number of hydrogen-bond donors (Lipinski definition) is 1. The van der Waals surface area contributed by atoms with Gasteiger partial charge in [-0.2, -0.15) is 18.3 Å². The highest BCUT2D eigenvalue weighted by Crippen LogP contribution is 2.29. The van der Waals surface area contributed by atoms with Gasteiger partial charge in [-0.15, -0.1) is 10.2 Å². The van der Waals surface area contributed by atoms with Gasteiger partial charge in [0.1, 0.15) is 0 Å². The van der Waals surface area contributed by atoms with E-state index in [0.29, 0.717) is 24.5 Å². The summed E-state index contributed by atoms with van der Waals surface area (Å²) in [6.07, 6.45) is -0.820. The standard InChI is InChI=1S/C13H13F3N6O/c14-13(15,16)10-1-2-11(20-19-10)21-4-3-9(7-21)22-6-8(5-18-22)12(17)23/h1-2,5-6,9H,3-4,7H2,(H2,17,23). The number of rotatable bonds is 3. The van der Waals surface area contributed by atoms with Crippen molar-refractivity contribution in [1.82, 2.24) is 20.0 Å². The zero-order chi connectivity index (χ0) is 16.6. The fourth-order valence-electron chi connectivity index (χ4n) is 2.48. The summed E-state index contributed by atoms with van der Waals surface area (Å²) in [4.78, 5) is 12.9. The number of nitrogens with zero attached hydrogens (tertiary/aromatic N) is 5. The molecule has 2 N–H and O–H groups in total. The molecule has 1 amide bonds. The first-order valence-corrected chi connectivity index (χ1v) is 6.84. The minimum atomic E-state index is -4.50. The topological polar surface area (TPSA) is 89.9 Å². The molecule has 0 aromatic carbocycles. The number of halogens is 3. The maximum Gasteiger partial charge on any atom is 0.435 e. The molecule has 2 aromatic rings. The second kappa shape index (κ2) is 5.52. The summed E-state index contributed by atoms with van der Waals surface area (Å²) < 4.78 is 39.1. The number of carbonyl (C=O) groups excluding carboxylic acids is 1. The van der Waals surface area contributed by atoms with Gasteiger partial charge in [-0.25, -0.2) is 0 Å². The molecule has 1 aliphatic heterocycles. The van der Waals surface area contributed by atoms with Gasteiger partial charge in [-0.1, -0.05) is 0 Å². The second-order valence-electron chi connectivity index (χ2n) is 5.24. The average Bonchev–Trinajstić information content (AvgIpc) is 3.15. The number of aromatic nitrogens is 4. The molecule has 1 saturated heterocycles. The number of hydrogen-bond acceptors (Lipinski definition) is 5. The maximum atomic E-state index is 12.5. The Morgan fingerprint density at radius 1 is 1.30 bits per heavy atom. The predicted molar refractivity (Wildman–Crippen MR) is 73.6 cm³/mol. The van der Waals surface area contributed by atoms with E-state index in [0.717, 1.165) is 12.5 Å². The van der Waals surface area contributed by atoms with Crippen molar-refractivity contribution in [3.63, 3.8) is 0 Å². The molecule has 1 unspecified atom stereocenters. The molecule has 1 aliphatic rings. The van der Waals surface area contributed by atoms with Crippen molar-refractivity contribution < 1.29 is 18.0 Å². The van der Waals surface area contributed by atoms with E-state index < -0.39 is 17.8 Å². The Kier molecular flexibility index (Phi) is 3.66. The molecule has 3 rings (SSSR count). The molecule has 122 valence electrons. The van der Waals surface area contributed by atoms with E-state index in [4.69, 9.17) is 5.73 Å². The molecule has 3 heterocycles. The highest BCUT2D eigenvalue weighted by Gasteiger charge is 2.33. The lowest BCUT2D eigenvalue weighted by molar-refractivity contribution is -0.141. The van der Waals surface area contributed by atoms with E-state index in [-0.39, 0.29) is 6.04 Å². The number of carbonyl (C=O) groups is 1. The lowest BCUT2D eigenvalue weighted by Gasteiger charge is -2.17. The monoisotopic (exact) mass is 326 g/mol. The fraction of sp³-hybridized carbons (Fsp3) is 0.385. The van der Waals surface area contributed by atoms with Crippen LogP contribution in [0.3, 0.4) is 0 Å². The van der Waals surface area contributed by atoms with Gasteiger partial charge in [-0.3, -0.25) is 9.48 Å². The van der Waals surface area contributed by atoms with Crippen LogP contribution in [0.5, 0.6) is 0 Å². The molecule has 1 fully saturated rings. The third-order valence-electron chi connectivity index (χ3n) is 3.69. The molecule has 23 heavy (non-hydrogen) atoms. The van der Waals surface area contributed by atoms with Crippen LogP contribution in [-0.4, -0.2) is 39.0 Å². The highest BCUT2D eigenvalue weighted by atomic mass is 19.4. The normalized spacial score (nSPS) is 18.4.